The highest BCUT2D eigenvalue weighted by atomic mass is 32.1. The molecule has 3 aromatic rings. The molecule has 0 aliphatic rings. The zero-order valence-electron chi connectivity index (χ0n) is 18.2. The molecule has 0 radical (unpaired) electrons. The van der Waals surface area contributed by atoms with Gasteiger partial charge in [0.2, 0.25) is 0 Å². The van der Waals surface area contributed by atoms with E-state index in [0.29, 0.717) is 6.42 Å². The van der Waals surface area contributed by atoms with E-state index in [1.165, 1.54) is 0 Å². The van der Waals surface area contributed by atoms with Crippen molar-refractivity contribution in [3.05, 3.63) is 108 Å². The van der Waals surface area contributed by atoms with E-state index in [9.17, 15) is 4.79 Å². The Morgan fingerprint density at radius 1 is 0.839 bits per heavy atom. The van der Waals surface area contributed by atoms with Gasteiger partial charge < -0.3 is 10.1 Å². The maximum atomic E-state index is 12.5. The molecule has 0 spiro atoms. The zero-order valence-corrected chi connectivity index (χ0v) is 19.1. The number of hydrogen-bond acceptors (Lipinski definition) is 3. The summed E-state index contributed by atoms with van der Waals surface area (Å²) < 4.78 is 5.49. The van der Waals surface area contributed by atoms with Crippen molar-refractivity contribution in [1.82, 2.24) is 5.32 Å². The minimum atomic E-state index is -0.578. The van der Waals surface area contributed by atoms with Crippen LogP contribution in [0.2, 0.25) is 0 Å². The summed E-state index contributed by atoms with van der Waals surface area (Å²) in [6, 6.07) is 30.7. The molecule has 3 rings (SSSR count). The predicted octanol–water partition coefficient (Wildman–Crippen LogP) is 6.30. The van der Waals surface area contributed by atoms with Crippen LogP contribution in [0.25, 0.3) is 0 Å². The third-order valence-corrected chi connectivity index (χ3v) is 5.52. The van der Waals surface area contributed by atoms with Crippen LogP contribution in [0.1, 0.15) is 43.9 Å². The number of hydrogen-bond donors (Lipinski definition) is 1. The Hall–Kier alpha value is -2.98. The normalized spacial score (nSPS) is 12.6. The highest BCUT2D eigenvalue weighted by molar-refractivity contribution is 7.79. The molecule has 0 saturated heterocycles. The van der Waals surface area contributed by atoms with E-state index in [1.54, 1.807) is 5.37 Å². The number of alkyl carbamates (subject to hydrolysis) is 1. The smallest absolute Gasteiger partial charge is 0.408 e. The Morgan fingerprint density at radius 3 is 1.55 bits per heavy atom. The number of carbonyl (C=O) groups excluding carboxylic acids is 1. The van der Waals surface area contributed by atoms with E-state index in [-0.39, 0.29) is 6.04 Å². The fraction of sp³-hybridized carbons (Fsp3) is 0.259. The van der Waals surface area contributed by atoms with Crippen LogP contribution in [-0.4, -0.2) is 23.1 Å². The van der Waals surface area contributed by atoms with E-state index >= 15 is 0 Å². The van der Waals surface area contributed by atoms with Gasteiger partial charge in [0.25, 0.3) is 0 Å². The number of carbonyl (C=O) groups is 1. The van der Waals surface area contributed by atoms with E-state index in [4.69, 9.17) is 17.0 Å². The quantitative estimate of drug-likeness (QED) is 0.352. The van der Waals surface area contributed by atoms with Crippen LogP contribution in [0.5, 0.6) is 0 Å². The first-order valence-corrected chi connectivity index (χ1v) is 10.9. The summed E-state index contributed by atoms with van der Waals surface area (Å²) in [5.41, 5.74) is 2.34. The molecule has 31 heavy (non-hydrogen) atoms. The monoisotopic (exact) mass is 431 g/mol. The van der Waals surface area contributed by atoms with E-state index in [1.807, 2.05) is 75.4 Å². The van der Waals surface area contributed by atoms with Gasteiger partial charge in [-0.15, -0.1) is 0 Å². The highest BCUT2D eigenvalue weighted by Crippen LogP contribution is 2.42. The van der Waals surface area contributed by atoms with Gasteiger partial charge in [-0.25, -0.2) is 4.79 Å². The van der Waals surface area contributed by atoms with Gasteiger partial charge in [0.05, 0.1) is 6.04 Å². The van der Waals surface area contributed by atoms with Crippen molar-refractivity contribution in [1.29, 1.82) is 0 Å². The number of rotatable bonds is 7. The second-order valence-corrected chi connectivity index (χ2v) is 8.87. The van der Waals surface area contributed by atoms with Crippen LogP contribution >= 0.6 is 12.2 Å². The van der Waals surface area contributed by atoms with Gasteiger partial charge >= 0.3 is 6.09 Å². The molecular weight excluding hydrogens is 402 g/mol. The number of nitrogens with one attached hydrogen (secondary N) is 1. The maximum Gasteiger partial charge on any atom is 0.408 e. The Labute approximate surface area is 190 Å². The van der Waals surface area contributed by atoms with E-state index in [0.717, 1.165) is 16.7 Å². The van der Waals surface area contributed by atoms with Crippen LogP contribution in [0, 0.1) is 0 Å². The lowest BCUT2D eigenvalue weighted by molar-refractivity contribution is 0.0515. The lowest BCUT2D eigenvalue weighted by Crippen LogP contribution is -2.44. The minimum absolute atomic E-state index is 0.370. The standard InChI is InChI=1S/C27H29NO2S/c1-26(2,3)30-25(29)28-24(20-31)19-27(21-13-7-4-8-14-21,22-15-9-5-10-16-22)23-17-11-6-12-18-23/h4-18,20,24H,19H2,1-3H3,(H,28,29). The number of amides is 1. The average Bonchev–Trinajstić information content (AvgIpc) is 2.77. The second kappa shape index (κ2) is 9.88. The van der Waals surface area contributed by atoms with E-state index < -0.39 is 17.1 Å². The molecular formula is C27H29NO2S. The molecule has 0 aliphatic heterocycles. The van der Waals surface area contributed by atoms with Gasteiger partial charge in [0, 0.05) is 10.8 Å². The van der Waals surface area contributed by atoms with Gasteiger partial charge in [-0.2, -0.15) is 0 Å². The lowest BCUT2D eigenvalue weighted by atomic mass is 9.66. The summed E-state index contributed by atoms with van der Waals surface area (Å²) in [5, 5.41) is 4.59. The molecule has 0 saturated carbocycles. The molecule has 160 valence electrons. The summed E-state index contributed by atoms with van der Waals surface area (Å²) in [7, 11) is 0. The zero-order chi connectivity index (χ0) is 22.3. The third kappa shape index (κ3) is 5.59. The Kier molecular flexibility index (Phi) is 7.24. The third-order valence-electron chi connectivity index (χ3n) is 5.19. The van der Waals surface area contributed by atoms with Crippen LogP contribution in [0.3, 0.4) is 0 Å². The first kappa shape index (κ1) is 22.7. The molecule has 0 aromatic heterocycles. The lowest BCUT2D eigenvalue weighted by Gasteiger charge is -2.38. The predicted molar refractivity (Wildman–Crippen MR) is 131 cm³/mol. The summed E-state index contributed by atoms with van der Waals surface area (Å²) in [4.78, 5) is 12.5. The second-order valence-electron chi connectivity index (χ2n) is 8.60. The molecule has 1 amide bonds. The maximum absolute atomic E-state index is 12.5. The summed E-state index contributed by atoms with van der Waals surface area (Å²) in [6.45, 7) is 5.55. The molecule has 0 aliphatic carbocycles. The first-order valence-electron chi connectivity index (χ1n) is 10.5. The first-order chi connectivity index (χ1) is 14.8. The Balaban J connectivity index is 2.11. The molecule has 0 fully saturated rings. The van der Waals surface area contributed by atoms with Crippen molar-refractivity contribution in [3.8, 4) is 0 Å². The van der Waals surface area contributed by atoms with Gasteiger partial charge in [0.1, 0.15) is 5.60 Å². The van der Waals surface area contributed by atoms with Crippen molar-refractivity contribution >= 4 is 23.7 Å². The molecule has 1 N–H and O–H groups in total. The molecule has 0 heterocycles. The van der Waals surface area contributed by atoms with Crippen molar-refractivity contribution in [2.75, 3.05) is 0 Å². The molecule has 1 atom stereocenters. The molecule has 1 unspecified atom stereocenters. The largest absolute Gasteiger partial charge is 0.444 e. The van der Waals surface area contributed by atoms with Crippen LogP contribution in [0.15, 0.2) is 91.0 Å². The van der Waals surface area contributed by atoms with Crippen molar-refractivity contribution in [3.63, 3.8) is 0 Å². The van der Waals surface area contributed by atoms with Crippen molar-refractivity contribution < 1.29 is 9.53 Å². The summed E-state index contributed by atoms with van der Waals surface area (Å²) >= 11 is 5.36. The average molecular weight is 432 g/mol. The van der Waals surface area contributed by atoms with Crippen LogP contribution in [0.4, 0.5) is 4.79 Å². The Bertz CT molecular complexity index is 885. The van der Waals surface area contributed by atoms with Crippen molar-refractivity contribution in [2.24, 2.45) is 0 Å². The van der Waals surface area contributed by atoms with Crippen LogP contribution in [-0.2, 0) is 10.2 Å². The van der Waals surface area contributed by atoms with Crippen molar-refractivity contribution in [2.45, 2.75) is 44.2 Å². The minimum Gasteiger partial charge on any atom is -0.444 e. The number of thiocarbonyl (C=S) groups is 1. The molecule has 3 aromatic carbocycles. The summed E-state index contributed by atoms with van der Waals surface area (Å²) in [6.07, 6.45) is 0.0926. The highest BCUT2D eigenvalue weighted by Gasteiger charge is 2.38. The van der Waals surface area contributed by atoms with Gasteiger partial charge in [-0.1, -0.05) is 103 Å². The fourth-order valence-electron chi connectivity index (χ4n) is 3.94. The van der Waals surface area contributed by atoms with Gasteiger partial charge in [0.15, 0.2) is 0 Å². The van der Waals surface area contributed by atoms with Crippen LogP contribution < -0.4 is 5.32 Å². The molecule has 0 bridgehead atoms. The molecule has 4 heteroatoms. The SMILES string of the molecule is CC(C)(C)OC(=O)NC(C=S)CC(c1ccccc1)(c1ccccc1)c1ccccc1. The fourth-order valence-corrected chi connectivity index (χ4v) is 4.11. The topological polar surface area (TPSA) is 38.3 Å². The van der Waals surface area contributed by atoms with E-state index in [2.05, 4.69) is 41.7 Å². The summed E-state index contributed by atoms with van der Waals surface area (Å²) in [5.74, 6) is 0. The Morgan fingerprint density at radius 2 is 1.23 bits per heavy atom. The van der Waals surface area contributed by atoms with Gasteiger partial charge in [-0.05, 0) is 43.9 Å². The molecule has 3 nitrogen and oxygen atoms in total. The van der Waals surface area contributed by atoms with Gasteiger partial charge in [-0.3, -0.25) is 0 Å². The number of ether oxygens (including phenoxy) is 1. The number of benzene rings is 3.